The third kappa shape index (κ3) is 7.08. The summed E-state index contributed by atoms with van der Waals surface area (Å²) in [5, 5.41) is 0. The molecule has 0 amide bonds. The number of aryl methyl sites for hydroxylation is 1. The lowest BCUT2D eigenvalue weighted by Crippen LogP contribution is -2.05. The van der Waals surface area contributed by atoms with Crippen molar-refractivity contribution in [2.24, 2.45) is 5.92 Å². The van der Waals surface area contributed by atoms with Crippen molar-refractivity contribution in [2.45, 2.75) is 43.4 Å². The van der Waals surface area contributed by atoms with Crippen LogP contribution < -0.4 is 0 Å². The van der Waals surface area contributed by atoms with E-state index >= 15 is 0 Å². The zero-order chi connectivity index (χ0) is 13.2. The van der Waals surface area contributed by atoms with Gasteiger partial charge in [0.05, 0.1) is 0 Å². The number of hydrogen-bond acceptors (Lipinski definition) is 0. The molecule has 2 heteroatoms. The van der Waals surface area contributed by atoms with E-state index in [0.29, 0.717) is 5.92 Å². The third-order valence-corrected chi connectivity index (χ3v) is 3.57. The fourth-order valence-corrected chi connectivity index (χ4v) is 2.73. The quantitative estimate of drug-likeness (QED) is 0.398. The molecule has 0 saturated carbocycles. The van der Waals surface area contributed by atoms with Crippen LogP contribution in [0.2, 0.25) is 0 Å². The molecule has 0 saturated heterocycles. The second-order valence-corrected chi connectivity index (χ2v) is 6.01. The normalized spacial score (nSPS) is 12.6. The molecule has 0 aromatic heterocycles. The Morgan fingerprint density at radius 1 is 1.11 bits per heavy atom. The first kappa shape index (κ1) is 15.6. The summed E-state index contributed by atoms with van der Waals surface area (Å²) in [6.45, 7) is 3.77. The van der Waals surface area contributed by atoms with Gasteiger partial charge in [0.2, 0.25) is 0 Å². The van der Waals surface area contributed by atoms with Crippen LogP contribution in [0.1, 0.15) is 37.7 Å². The van der Waals surface area contributed by atoms with Crippen molar-refractivity contribution in [3.63, 3.8) is 0 Å². The van der Waals surface area contributed by atoms with Gasteiger partial charge in [-0.2, -0.15) is 0 Å². The van der Waals surface area contributed by atoms with Gasteiger partial charge in [0.25, 0.3) is 0 Å². The molecule has 1 rings (SSSR count). The van der Waals surface area contributed by atoms with Gasteiger partial charge in [-0.15, -0.1) is 29.8 Å². The van der Waals surface area contributed by atoms with E-state index in [1.807, 2.05) is 6.08 Å². The van der Waals surface area contributed by atoms with Crippen molar-refractivity contribution in [3.8, 4) is 0 Å². The molecular weight excluding hydrogens is 263 g/mol. The number of benzene rings is 1. The molecule has 0 fully saturated rings. The Bertz CT molecular complexity index is 319. The Labute approximate surface area is 121 Å². The van der Waals surface area contributed by atoms with E-state index in [1.165, 1.54) is 18.4 Å². The summed E-state index contributed by atoms with van der Waals surface area (Å²) in [5.74, 6) is 0.617. The Hall–Kier alpha value is -0.460. The lowest BCUT2D eigenvalue weighted by molar-refractivity contribution is 0.422. The molecule has 0 spiro atoms. The molecule has 0 N–H and O–H groups in total. The second-order valence-electron chi connectivity index (χ2n) is 4.74. The van der Waals surface area contributed by atoms with Crippen LogP contribution in [-0.2, 0) is 6.42 Å². The number of hydrogen-bond donors (Lipinski definition) is 0. The van der Waals surface area contributed by atoms with Crippen LogP contribution >= 0.6 is 23.2 Å². The van der Waals surface area contributed by atoms with E-state index in [1.54, 1.807) is 0 Å². The van der Waals surface area contributed by atoms with E-state index < -0.39 is 0 Å². The molecule has 1 aromatic rings. The number of allylic oxidation sites excluding steroid dienone is 1. The van der Waals surface area contributed by atoms with E-state index in [-0.39, 0.29) is 4.84 Å². The summed E-state index contributed by atoms with van der Waals surface area (Å²) >= 11 is 11.8. The van der Waals surface area contributed by atoms with Crippen molar-refractivity contribution >= 4 is 23.2 Å². The highest BCUT2D eigenvalue weighted by Gasteiger charge is 2.12. The van der Waals surface area contributed by atoms with Crippen molar-refractivity contribution in [1.82, 2.24) is 0 Å². The smallest absolute Gasteiger partial charge is 0.105 e. The molecule has 0 radical (unpaired) electrons. The summed E-state index contributed by atoms with van der Waals surface area (Å²) < 4.78 is 0. The average Bonchev–Trinajstić information content (AvgIpc) is 2.36. The molecule has 0 aliphatic heterocycles. The highest BCUT2D eigenvalue weighted by Crippen LogP contribution is 2.24. The predicted molar refractivity (Wildman–Crippen MR) is 82.4 cm³/mol. The lowest BCUT2D eigenvalue weighted by atomic mass is 9.93. The predicted octanol–water partition coefficient (Wildman–Crippen LogP) is 5.79. The Morgan fingerprint density at radius 3 is 2.44 bits per heavy atom. The van der Waals surface area contributed by atoms with Crippen molar-refractivity contribution < 1.29 is 0 Å². The van der Waals surface area contributed by atoms with Crippen LogP contribution in [0.15, 0.2) is 43.0 Å². The Morgan fingerprint density at radius 2 is 1.83 bits per heavy atom. The van der Waals surface area contributed by atoms with E-state index in [9.17, 15) is 0 Å². The maximum Gasteiger partial charge on any atom is 0.108 e. The zero-order valence-electron chi connectivity index (χ0n) is 10.8. The lowest BCUT2D eigenvalue weighted by Gasteiger charge is -2.16. The van der Waals surface area contributed by atoms with E-state index in [2.05, 4.69) is 36.9 Å². The first-order valence-electron chi connectivity index (χ1n) is 6.65. The van der Waals surface area contributed by atoms with Crippen LogP contribution in [0.3, 0.4) is 0 Å². The highest BCUT2D eigenvalue weighted by molar-refractivity contribution is 6.44. The maximum absolute atomic E-state index is 5.89. The van der Waals surface area contributed by atoms with Gasteiger partial charge in [0.15, 0.2) is 0 Å². The average molecular weight is 285 g/mol. The molecule has 0 bridgehead atoms. The van der Waals surface area contributed by atoms with Crippen LogP contribution in [-0.4, -0.2) is 4.84 Å². The first-order chi connectivity index (χ1) is 8.72. The highest BCUT2D eigenvalue weighted by atomic mass is 35.5. The summed E-state index contributed by atoms with van der Waals surface area (Å²) in [6.07, 6.45) is 8.60. The molecule has 100 valence electrons. The minimum atomic E-state index is -0.239. The molecule has 0 heterocycles. The molecule has 1 unspecified atom stereocenters. The molecule has 18 heavy (non-hydrogen) atoms. The summed E-state index contributed by atoms with van der Waals surface area (Å²) in [5.41, 5.74) is 1.41. The summed E-state index contributed by atoms with van der Waals surface area (Å²) in [7, 11) is 0. The summed E-state index contributed by atoms with van der Waals surface area (Å²) in [6, 6.07) is 10.6. The number of rotatable bonds is 9. The minimum absolute atomic E-state index is 0.239. The van der Waals surface area contributed by atoms with Crippen LogP contribution in [0.4, 0.5) is 0 Å². The minimum Gasteiger partial charge on any atom is -0.105 e. The van der Waals surface area contributed by atoms with Crippen molar-refractivity contribution in [1.29, 1.82) is 0 Å². The van der Waals surface area contributed by atoms with E-state index in [4.69, 9.17) is 23.2 Å². The third-order valence-electron chi connectivity index (χ3n) is 3.21. The van der Waals surface area contributed by atoms with Gasteiger partial charge in [-0.25, -0.2) is 0 Å². The largest absolute Gasteiger partial charge is 0.108 e. The van der Waals surface area contributed by atoms with Gasteiger partial charge in [-0.05, 0) is 43.6 Å². The van der Waals surface area contributed by atoms with Crippen LogP contribution in [0.5, 0.6) is 0 Å². The fraction of sp³-hybridized carbons (Fsp3) is 0.500. The van der Waals surface area contributed by atoms with Gasteiger partial charge in [0.1, 0.15) is 4.84 Å². The fourth-order valence-electron chi connectivity index (χ4n) is 2.23. The monoisotopic (exact) mass is 284 g/mol. The molecular formula is C16H22Cl2. The van der Waals surface area contributed by atoms with Crippen LogP contribution in [0.25, 0.3) is 0 Å². The molecule has 1 aromatic carbocycles. The standard InChI is InChI=1S/C16H22Cl2/c1-2-3-8-15(13-16(17)18)12-7-11-14-9-5-4-6-10-14/h2,4-6,9-10,15-16H,1,3,7-8,11-13H2. The maximum atomic E-state index is 5.89. The zero-order valence-corrected chi connectivity index (χ0v) is 12.3. The molecule has 0 nitrogen and oxygen atoms in total. The SMILES string of the molecule is C=CCCC(CCCc1ccccc1)CC(Cl)Cl. The van der Waals surface area contributed by atoms with Gasteiger partial charge in [-0.3, -0.25) is 0 Å². The van der Waals surface area contributed by atoms with Gasteiger partial charge in [-0.1, -0.05) is 42.8 Å². The van der Waals surface area contributed by atoms with Gasteiger partial charge in [0, 0.05) is 0 Å². The van der Waals surface area contributed by atoms with E-state index in [0.717, 1.165) is 25.7 Å². The number of alkyl halides is 2. The topological polar surface area (TPSA) is 0 Å². The molecule has 0 aliphatic carbocycles. The summed E-state index contributed by atoms with van der Waals surface area (Å²) in [4.78, 5) is -0.239. The number of halogens is 2. The van der Waals surface area contributed by atoms with Crippen molar-refractivity contribution in [3.05, 3.63) is 48.6 Å². The van der Waals surface area contributed by atoms with Gasteiger partial charge < -0.3 is 0 Å². The van der Waals surface area contributed by atoms with Crippen molar-refractivity contribution in [2.75, 3.05) is 0 Å². The Kier molecular flexibility index (Phi) is 8.20. The second kappa shape index (κ2) is 9.47. The van der Waals surface area contributed by atoms with Gasteiger partial charge >= 0.3 is 0 Å². The van der Waals surface area contributed by atoms with Crippen LogP contribution in [0, 0.1) is 5.92 Å². The molecule has 1 atom stereocenters. The first-order valence-corrected chi connectivity index (χ1v) is 7.52. The Balaban J connectivity index is 2.29. The molecule has 0 aliphatic rings.